The normalized spacial score (nSPS) is 29.0. The molecule has 1 aromatic rings. The van der Waals surface area contributed by atoms with Gasteiger partial charge in [-0.05, 0) is 44.1 Å². The molecule has 1 saturated carbocycles. The molecule has 3 atom stereocenters. The van der Waals surface area contributed by atoms with Gasteiger partial charge in [0.15, 0.2) is 0 Å². The van der Waals surface area contributed by atoms with Gasteiger partial charge in [0, 0.05) is 25.2 Å². The van der Waals surface area contributed by atoms with E-state index in [2.05, 4.69) is 11.3 Å². The first-order chi connectivity index (χ1) is 13.8. The van der Waals surface area contributed by atoms with Crippen LogP contribution in [0.25, 0.3) is 0 Å². The van der Waals surface area contributed by atoms with Crippen LogP contribution in [0.3, 0.4) is 0 Å². The fraction of sp³-hybridized carbons (Fsp3) is 0.545. The molecule has 4 rings (SSSR count). The molecule has 1 aromatic carbocycles. The summed E-state index contributed by atoms with van der Waals surface area (Å²) in [6, 6.07) is 7.72. The summed E-state index contributed by atoms with van der Waals surface area (Å²) in [5.41, 5.74) is 2.28. The number of carbonyl (C=O) groups is 1. The number of nitrogens with zero attached hydrogens (tertiary/aromatic N) is 3. The van der Waals surface area contributed by atoms with Crippen LogP contribution in [-0.2, 0) is 15.0 Å². The Bertz CT molecular complexity index is 966. The van der Waals surface area contributed by atoms with Gasteiger partial charge in [-0.3, -0.25) is 4.79 Å². The van der Waals surface area contributed by atoms with E-state index in [1.807, 2.05) is 36.1 Å². The fourth-order valence-electron chi connectivity index (χ4n) is 4.93. The Balaban J connectivity index is 1.69. The Morgan fingerprint density at radius 2 is 1.79 bits per heavy atom. The zero-order valence-corrected chi connectivity index (χ0v) is 18.2. The number of allylic oxidation sites excluding steroid dienone is 1. The molecule has 0 N–H and O–H groups in total. The molecule has 0 unspecified atom stereocenters. The summed E-state index contributed by atoms with van der Waals surface area (Å²) in [7, 11) is -2.52. The zero-order valence-electron chi connectivity index (χ0n) is 17.3. The van der Waals surface area contributed by atoms with E-state index >= 15 is 0 Å². The number of benzene rings is 1. The van der Waals surface area contributed by atoms with E-state index in [9.17, 15) is 13.2 Å². The maximum absolute atomic E-state index is 13.5. The lowest BCUT2D eigenvalue weighted by molar-refractivity contribution is -0.135. The molecule has 1 amide bonds. The standard InChI is InChI=1S/C22H29N3O3S/c1-15-8-10-17(11-9-15)19-14-21(24(3)29(27,28)23-19)22(26)25-13-12-16(2)18-6-4-5-7-20(18)25/h8-11,14,16,18,20H,4-7,12-13H2,1-3H3/t16-,18+,20-/m0/s1. The van der Waals surface area contributed by atoms with Crippen molar-refractivity contribution in [1.29, 1.82) is 0 Å². The quantitative estimate of drug-likeness (QED) is 0.744. The summed E-state index contributed by atoms with van der Waals surface area (Å²) in [6.07, 6.45) is 7.09. The molecule has 2 heterocycles. The number of aryl methyl sites for hydroxylation is 1. The molecule has 1 aliphatic carbocycles. The average Bonchev–Trinajstić information content (AvgIpc) is 2.70. The molecular weight excluding hydrogens is 386 g/mol. The lowest BCUT2D eigenvalue weighted by Crippen LogP contribution is -2.54. The predicted molar refractivity (Wildman–Crippen MR) is 114 cm³/mol. The largest absolute Gasteiger partial charge is 0.345 e. The van der Waals surface area contributed by atoms with Crippen molar-refractivity contribution < 1.29 is 13.2 Å². The van der Waals surface area contributed by atoms with Gasteiger partial charge in [0.1, 0.15) is 5.70 Å². The maximum atomic E-state index is 13.5. The lowest BCUT2D eigenvalue weighted by Gasteiger charge is -2.47. The lowest BCUT2D eigenvalue weighted by atomic mass is 9.72. The Kier molecular flexibility index (Phi) is 5.27. The van der Waals surface area contributed by atoms with Gasteiger partial charge in [-0.2, -0.15) is 8.42 Å². The van der Waals surface area contributed by atoms with Crippen LogP contribution < -0.4 is 0 Å². The van der Waals surface area contributed by atoms with Crippen molar-refractivity contribution in [2.24, 2.45) is 16.2 Å². The highest BCUT2D eigenvalue weighted by molar-refractivity contribution is 7.88. The second-order valence-electron chi connectivity index (χ2n) is 8.60. The van der Waals surface area contributed by atoms with Crippen LogP contribution in [0, 0.1) is 18.8 Å². The minimum atomic E-state index is -3.94. The first-order valence-electron chi connectivity index (χ1n) is 10.5. The van der Waals surface area contributed by atoms with E-state index < -0.39 is 10.2 Å². The number of hydrogen-bond acceptors (Lipinski definition) is 3. The van der Waals surface area contributed by atoms with Crippen LogP contribution >= 0.6 is 0 Å². The van der Waals surface area contributed by atoms with E-state index in [4.69, 9.17) is 0 Å². The van der Waals surface area contributed by atoms with Gasteiger partial charge in [0.25, 0.3) is 5.91 Å². The van der Waals surface area contributed by atoms with Crippen molar-refractivity contribution in [3.8, 4) is 0 Å². The summed E-state index contributed by atoms with van der Waals surface area (Å²) >= 11 is 0. The molecular formula is C22H29N3O3S. The van der Waals surface area contributed by atoms with Crippen LogP contribution in [0.1, 0.15) is 50.2 Å². The van der Waals surface area contributed by atoms with Crippen LogP contribution in [0.4, 0.5) is 0 Å². The first-order valence-corrected chi connectivity index (χ1v) is 11.9. The highest BCUT2D eigenvalue weighted by atomic mass is 32.2. The van der Waals surface area contributed by atoms with Crippen molar-refractivity contribution in [2.45, 2.75) is 52.0 Å². The number of hydrogen-bond donors (Lipinski definition) is 0. The highest BCUT2D eigenvalue weighted by Gasteiger charge is 2.42. The molecule has 1 saturated heterocycles. The minimum absolute atomic E-state index is 0.189. The second kappa shape index (κ2) is 7.59. The van der Waals surface area contributed by atoms with Crippen LogP contribution in [-0.4, -0.2) is 48.9 Å². The Morgan fingerprint density at radius 1 is 1.10 bits per heavy atom. The highest BCUT2D eigenvalue weighted by Crippen LogP contribution is 2.39. The second-order valence-corrected chi connectivity index (χ2v) is 10.2. The molecule has 2 aliphatic heterocycles. The van der Waals surface area contributed by atoms with Crippen LogP contribution in [0.15, 0.2) is 40.4 Å². The maximum Gasteiger partial charge on any atom is 0.345 e. The van der Waals surface area contributed by atoms with E-state index in [-0.39, 0.29) is 17.6 Å². The third kappa shape index (κ3) is 3.72. The molecule has 0 bridgehead atoms. The first kappa shape index (κ1) is 20.1. The number of likely N-dealkylation sites (tertiary alicyclic amines) is 1. The van der Waals surface area contributed by atoms with Crippen molar-refractivity contribution >= 4 is 21.8 Å². The summed E-state index contributed by atoms with van der Waals surface area (Å²) in [5, 5.41) is 0. The summed E-state index contributed by atoms with van der Waals surface area (Å²) in [4.78, 5) is 15.5. The average molecular weight is 416 g/mol. The van der Waals surface area contributed by atoms with E-state index in [1.54, 1.807) is 6.08 Å². The van der Waals surface area contributed by atoms with Gasteiger partial charge in [0.05, 0.1) is 5.71 Å². The van der Waals surface area contributed by atoms with E-state index in [0.29, 0.717) is 29.7 Å². The van der Waals surface area contributed by atoms with Gasteiger partial charge in [0.2, 0.25) is 0 Å². The van der Waals surface area contributed by atoms with Crippen molar-refractivity contribution in [2.75, 3.05) is 13.6 Å². The van der Waals surface area contributed by atoms with E-state index in [0.717, 1.165) is 35.6 Å². The molecule has 0 spiro atoms. The van der Waals surface area contributed by atoms with Crippen molar-refractivity contribution in [3.05, 3.63) is 47.2 Å². The van der Waals surface area contributed by atoms with E-state index in [1.165, 1.54) is 13.5 Å². The summed E-state index contributed by atoms with van der Waals surface area (Å²) < 4.78 is 30.3. The smallest absolute Gasteiger partial charge is 0.334 e. The molecule has 3 aliphatic rings. The number of amides is 1. The molecule has 6 nitrogen and oxygen atoms in total. The summed E-state index contributed by atoms with van der Waals surface area (Å²) in [6.45, 7) is 4.94. The number of fused-ring (bicyclic) bond motifs is 1. The number of likely N-dealkylation sites (N-methyl/N-ethyl adjacent to an activating group) is 1. The van der Waals surface area contributed by atoms with Crippen LogP contribution in [0.5, 0.6) is 0 Å². The van der Waals surface area contributed by atoms with Crippen molar-refractivity contribution in [1.82, 2.24) is 9.21 Å². The third-order valence-corrected chi connectivity index (χ3v) is 8.05. The molecule has 7 heteroatoms. The zero-order chi connectivity index (χ0) is 20.8. The third-order valence-electron chi connectivity index (χ3n) is 6.74. The number of carbonyl (C=O) groups excluding carboxylic acids is 1. The monoisotopic (exact) mass is 415 g/mol. The Labute approximate surface area is 173 Å². The topological polar surface area (TPSA) is 70.0 Å². The van der Waals surface area contributed by atoms with Gasteiger partial charge in [-0.1, -0.05) is 49.6 Å². The van der Waals surface area contributed by atoms with Gasteiger partial charge in [-0.25, -0.2) is 4.31 Å². The minimum Gasteiger partial charge on any atom is -0.334 e. The molecule has 29 heavy (non-hydrogen) atoms. The van der Waals surface area contributed by atoms with Gasteiger partial charge < -0.3 is 4.90 Å². The van der Waals surface area contributed by atoms with Gasteiger partial charge >= 0.3 is 10.2 Å². The molecule has 0 aromatic heterocycles. The Hall–Kier alpha value is -2.15. The SMILES string of the molecule is Cc1ccc(C2=NS(=O)(=O)N(C)C(C(=O)N3CC[C@H](C)[C@H]4CCCC[C@@H]43)=C2)cc1. The molecule has 2 fully saturated rings. The molecule has 0 radical (unpaired) electrons. The number of piperidine rings is 1. The Morgan fingerprint density at radius 3 is 2.52 bits per heavy atom. The number of rotatable bonds is 2. The van der Waals surface area contributed by atoms with Crippen molar-refractivity contribution in [3.63, 3.8) is 0 Å². The fourth-order valence-corrected chi connectivity index (χ4v) is 5.83. The van der Waals surface area contributed by atoms with Gasteiger partial charge in [-0.15, -0.1) is 4.40 Å². The summed E-state index contributed by atoms with van der Waals surface area (Å²) in [5.74, 6) is 0.924. The molecule has 156 valence electrons. The predicted octanol–water partition coefficient (Wildman–Crippen LogP) is 3.29. The van der Waals surface area contributed by atoms with Crippen LogP contribution in [0.2, 0.25) is 0 Å².